The lowest BCUT2D eigenvalue weighted by Crippen LogP contribution is -1.94. The predicted octanol–water partition coefficient (Wildman–Crippen LogP) is 1.01. The van der Waals surface area contributed by atoms with Gasteiger partial charge in [-0.15, -0.1) is 0 Å². The van der Waals surface area contributed by atoms with E-state index in [1.54, 1.807) is 6.08 Å². The molecule has 0 fully saturated rings. The molecule has 8 heavy (non-hydrogen) atoms. The van der Waals surface area contributed by atoms with Crippen LogP contribution < -0.4 is 0 Å². The molecule has 0 spiro atoms. The van der Waals surface area contributed by atoms with Gasteiger partial charge in [-0.05, 0) is 6.08 Å². The highest BCUT2D eigenvalue weighted by Crippen LogP contribution is 1.73. The molecule has 0 unspecified atom stereocenters. The number of rotatable bonds is 3. The van der Waals surface area contributed by atoms with Crippen LogP contribution in [0, 0.1) is 10.1 Å². The maximum absolute atomic E-state index is 9.59. The number of hydrogen-bond donors (Lipinski definition) is 0. The van der Waals surface area contributed by atoms with Gasteiger partial charge < -0.3 is 0 Å². The van der Waals surface area contributed by atoms with Crippen molar-refractivity contribution in [2.45, 2.75) is 0 Å². The fourth-order valence-corrected chi connectivity index (χ4v) is 0.243. The Morgan fingerprint density at radius 3 is 2.75 bits per heavy atom. The van der Waals surface area contributed by atoms with Crippen molar-refractivity contribution in [2.75, 3.05) is 6.54 Å². The molecule has 0 N–H and O–H groups in total. The van der Waals surface area contributed by atoms with Crippen LogP contribution >= 0.6 is 0 Å². The zero-order valence-electron chi connectivity index (χ0n) is 4.41. The fourth-order valence-electron chi connectivity index (χ4n) is 0.243. The lowest BCUT2D eigenvalue weighted by Gasteiger charge is -1.78. The van der Waals surface area contributed by atoms with E-state index in [9.17, 15) is 10.1 Å². The zero-order valence-corrected chi connectivity index (χ0v) is 4.41. The van der Waals surface area contributed by atoms with E-state index >= 15 is 0 Å². The summed E-state index contributed by atoms with van der Waals surface area (Å²) < 4.78 is 0. The summed E-state index contributed by atoms with van der Waals surface area (Å²) in [6.07, 6.45) is 4.49. The first-order chi connectivity index (χ1) is 3.77. The largest absolute Gasteiger partial charge is 0.264 e. The highest BCUT2D eigenvalue weighted by atomic mass is 16.6. The number of allylic oxidation sites excluding steroid dienone is 2. The van der Waals surface area contributed by atoms with E-state index in [0.29, 0.717) is 0 Å². The fraction of sp³-hybridized carbons (Fsp3) is 0.200. The summed E-state index contributed by atoms with van der Waals surface area (Å²) in [6, 6.07) is 0. The van der Waals surface area contributed by atoms with Crippen LogP contribution in [0.1, 0.15) is 0 Å². The average molecular weight is 113 g/mol. The molecule has 0 heterocycles. The zero-order chi connectivity index (χ0) is 6.41. The maximum Gasteiger partial charge on any atom is 0.222 e. The molecular weight excluding hydrogens is 106 g/mol. The highest BCUT2D eigenvalue weighted by molar-refractivity contribution is 4.96. The van der Waals surface area contributed by atoms with Crippen LogP contribution in [0.15, 0.2) is 24.8 Å². The quantitative estimate of drug-likeness (QED) is 0.311. The van der Waals surface area contributed by atoms with Crippen molar-refractivity contribution < 1.29 is 4.92 Å². The molecule has 0 radical (unpaired) electrons. The van der Waals surface area contributed by atoms with E-state index in [1.165, 1.54) is 12.2 Å². The maximum atomic E-state index is 9.59. The summed E-state index contributed by atoms with van der Waals surface area (Å²) in [5.74, 6) is 0. The standard InChI is InChI=1S/C5H7NO2/c1-2-3-4-5-6(7)8/h2-4H,1,5H2/b4-3+. The molecular formula is C5H7NO2. The van der Waals surface area contributed by atoms with Crippen LogP contribution in [0.4, 0.5) is 0 Å². The van der Waals surface area contributed by atoms with Crippen LogP contribution in [0.2, 0.25) is 0 Å². The molecule has 0 aliphatic carbocycles. The normalized spacial score (nSPS) is 9.50. The number of nitrogens with zero attached hydrogens (tertiary/aromatic N) is 1. The van der Waals surface area contributed by atoms with Gasteiger partial charge in [-0.3, -0.25) is 10.1 Å². The Morgan fingerprint density at radius 1 is 1.75 bits per heavy atom. The third kappa shape index (κ3) is 4.88. The molecule has 44 valence electrons. The van der Waals surface area contributed by atoms with Gasteiger partial charge in [0, 0.05) is 4.92 Å². The molecule has 0 rings (SSSR count). The Balaban J connectivity index is 3.29. The summed E-state index contributed by atoms with van der Waals surface area (Å²) in [5.41, 5.74) is 0. The first-order valence-electron chi connectivity index (χ1n) is 2.16. The van der Waals surface area contributed by atoms with E-state index in [4.69, 9.17) is 0 Å². The Bertz CT molecular complexity index is 118. The molecule has 0 aliphatic rings. The second-order valence-electron chi connectivity index (χ2n) is 1.18. The minimum atomic E-state index is -0.403. The van der Waals surface area contributed by atoms with E-state index in [0.717, 1.165) is 0 Å². The molecule has 3 nitrogen and oxygen atoms in total. The second kappa shape index (κ2) is 4.05. The van der Waals surface area contributed by atoms with Crippen molar-refractivity contribution in [3.8, 4) is 0 Å². The molecule has 0 bridgehead atoms. The summed E-state index contributed by atoms with van der Waals surface area (Å²) in [5, 5.41) is 9.59. The molecule has 0 saturated carbocycles. The van der Waals surface area contributed by atoms with Gasteiger partial charge in [0.25, 0.3) is 0 Å². The van der Waals surface area contributed by atoms with Crippen LogP contribution in [0.5, 0.6) is 0 Å². The van der Waals surface area contributed by atoms with Gasteiger partial charge in [-0.2, -0.15) is 0 Å². The smallest absolute Gasteiger partial charge is 0.222 e. The summed E-state index contributed by atoms with van der Waals surface area (Å²) in [7, 11) is 0. The van der Waals surface area contributed by atoms with Crippen LogP contribution in [0.25, 0.3) is 0 Å². The highest BCUT2D eigenvalue weighted by Gasteiger charge is 1.83. The van der Waals surface area contributed by atoms with Gasteiger partial charge in [0.05, 0.1) is 0 Å². The second-order valence-corrected chi connectivity index (χ2v) is 1.18. The predicted molar refractivity (Wildman–Crippen MR) is 31.2 cm³/mol. The molecule has 0 aromatic heterocycles. The van der Waals surface area contributed by atoms with E-state index in [1.807, 2.05) is 0 Å². The molecule has 3 heteroatoms. The first kappa shape index (κ1) is 6.88. The van der Waals surface area contributed by atoms with Gasteiger partial charge >= 0.3 is 0 Å². The van der Waals surface area contributed by atoms with Gasteiger partial charge in [-0.1, -0.05) is 18.7 Å². The third-order valence-electron chi connectivity index (χ3n) is 0.527. The first-order valence-corrected chi connectivity index (χ1v) is 2.16. The van der Waals surface area contributed by atoms with E-state index in [-0.39, 0.29) is 6.54 Å². The molecule has 0 saturated heterocycles. The minimum absolute atomic E-state index is 0.119. The lowest BCUT2D eigenvalue weighted by molar-refractivity contribution is -0.468. The Kier molecular flexibility index (Phi) is 3.48. The monoisotopic (exact) mass is 113 g/mol. The van der Waals surface area contributed by atoms with E-state index < -0.39 is 4.92 Å². The molecule has 0 atom stereocenters. The summed E-state index contributed by atoms with van der Waals surface area (Å²) >= 11 is 0. The van der Waals surface area contributed by atoms with Gasteiger partial charge in [0.1, 0.15) is 0 Å². The van der Waals surface area contributed by atoms with E-state index in [2.05, 4.69) is 6.58 Å². The Hall–Kier alpha value is -1.12. The van der Waals surface area contributed by atoms with Crippen molar-refractivity contribution in [2.24, 2.45) is 0 Å². The molecule has 0 amide bonds. The number of nitro groups is 1. The SMILES string of the molecule is C=C/C=C/C[N+](=O)[O-]. The Labute approximate surface area is 47.5 Å². The van der Waals surface area contributed by atoms with Gasteiger partial charge in [0.15, 0.2) is 0 Å². The minimum Gasteiger partial charge on any atom is -0.264 e. The van der Waals surface area contributed by atoms with Crippen molar-refractivity contribution >= 4 is 0 Å². The third-order valence-corrected chi connectivity index (χ3v) is 0.527. The molecule has 0 aliphatic heterocycles. The van der Waals surface area contributed by atoms with Crippen molar-refractivity contribution in [1.82, 2.24) is 0 Å². The summed E-state index contributed by atoms with van der Waals surface area (Å²) in [4.78, 5) is 9.19. The topological polar surface area (TPSA) is 43.1 Å². The van der Waals surface area contributed by atoms with Crippen LogP contribution in [-0.4, -0.2) is 11.5 Å². The Morgan fingerprint density at radius 2 is 2.38 bits per heavy atom. The van der Waals surface area contributed by atoms with Crippen molar-refractivity contribution in [3.05, 3.63) is 34.9 Å². The van der Waals surface area contributed by atoms with Crippen molar-refractivity contribution in [3.63, 3.8) is 0 Å². The van der Waals surface area contributed by atoms with Crippen LogP contribution in [0.3, 0.4) is 0 Å². The van der Waals surface area contributed by atoms with Gasteiger partial charge in [-0.25, -0.2) is 0 Å². The molecule has 0 aromatic carbocycles. The average Bonchev–Trinajstić information content (AvgIpc) is 1.66. The van der Waals surface area contributed by atoms with Crippen LogP contribution in [-0.2, 0) is 0 Å². The molecule has 0 aromatic rings. The van der Waals surface area contributed by atoms with Gasteiger partial charge in [0.2, 0.25) is 6.54 Å². The van der Waals surface area contributed by atoms with Crippen molar-refractivity contribution in [1.29, 1.82) is 0 Å². The summed E-state index contributed by atoms with van der Waals surface area (Å²) in [6.45, 7) is 3.23. The lowest BCUT2D eigenvalue weighted by atomic mass is 10.5. The number of hydrogen-bond acceptors (Lipinski definition) is 2.